The first-order chi connectivity index (χ1) is 12.8. The van der Waals surface area contributed by atoms with Crippen LogP contribution >= 0.6 is 0 Å². The molecule has 4 rings (SSSR count). The monoisotopic (exact) mass is 431 g/mol. The van der Waals surface area contributed by atoms with Crippen LogP contribution in [0.2, 0.25) is 0 Å². The van der Waals surface area contributed by atoms with E-state index >= 15 is 0 Å². The number of anilines is 1. The maximum atomic E-state index is 12.4. The molecule has 3 aliphatic rings. The second kappa shape index (κ2) is 9.01. The second-order valence-electron chi connectivity index (χ2n) is 7.96. The average molecular weight is 432 g/mol. The summed E-state index contributed by atoms with van der Waals surface area (Å²) in [6.45, 7) is 2.71. The Morgan fingerprint density at radius 1 is 1.21 bits per heavy atom. The van der Waals surface area contributed by atoms with Gasteiger partial charge in [-0.05, 0) is 73.4 Å². The second-order valence-corrected chi connectivity index (χ2v) is 9.84. The Labute approximate surface area is 209 Å². The van der Waals surface area contributed by atoms with Crippen LogP contribution in [-0.2, 0) is 35.7 Å². The molecular formula is C19H26KN3O4S. The zero-order chi connectivity index (χ0) is 19.2. The number of likely N-dealkylation sites (tertiary alicyclic amines) is 1. The molecule has 0 radical (unpaired) electrons. The van der Waals surface area contributed by atoms with Gasteiger partial charge in [-0.2, -0.15) is 0 Å². The summed E-state index contributed by atoms with van der Waals surface area (Å²) in [6, 6.07) is 1.47. The molecule has 2 aliphatic carbocycles. The van der Waals surface area contributed by atoms with E-state index in [9.17, 15) is 18.3 Å². The zero-order valence-corrected chi connectivity index (χ0v) is 20.5. The van der Waals surface area contributed by atoms with E-state index in [2.05, 4.69) is 16.1 Å². The average Bonchev–Trinajstić information content (AvgIpc) is 3.17. The topological polar surface area (TPSA) is 101 Å². The van der Waals surface area contributed by atoms with Crippen molar-refractivity contribution in [3.63, 3.8) is 0 Å². The smallest absolute Gasteiger partial charge is 0.423 e. The molecule has 1 saturated heterocycles. The standard InChI is InChI=1S/C19H27N3O4S.K/c1-12(23)9-22-10-15(11-22)27(25,26)21-19(24)20-18-16-6-2-4-13(16)8-14-5-3-7-17(14)18;/h8,12,15,23H,2-7,9-11H2,1H3,(H2,20,21,24);/q;+1/p-1. The van der Waals surface area contributed by atoms with Crippen LogP contribution < -0.4 is 56.7 Å². The molecule has 2 N–H and O–H groups in total. The number of β-amino-alcohol motifs (C(OH)–C–C–N with tert-alkyl or cyclic N) is 1. The van der Waals surface area contributed by atoms with Crippen molar-refractivity contribution in [1.29, 1.82) is 0 Å². The molecule has 1 aromatic rings. The number of aliphatic hydroxyl groups excluding tert-OH is 1. The number of carbonyl (C=O) groups excluding carboxylic acids is 1. The van der Waals surface area contributed by atoms with Crippen LogP contribution in [0.15, 0.2) is 6.07 Å². The fourth-order valence-corrected chi connectivity index (χ4v) is 5.74. The molecule has 9 heteroatoms. The van der Waals surface area contributed by atoms with Crippen LogP contribution in [-0.4, -0.2) is 55.4 Å². The van der Waals surface area contributed by atoms with Crippen LogP contribution in [0, 0.1) is 0 Å². The molecule has 0 bridgehead atoms. The summed E-state index contributed by atoms with van der Waals surface area (Å²) < 4.78 is 28.3. The molecule has 0 aromatic heterocycles. The number of hydrogen-bond donors (Lipinski definition) is 2. The minimum atomic E-state index is -3.85. The molecule has 0 spiro atoms. The van der Waals surface area contributed by atoms with Crippen molar-refractivity contribution in [3.8, 4) is 0 Å². The third-order valence-corrected chi connectivity index (χ3v) is 7.34. The number of fused-ring (bicyclic) bond motifs is 2. The first-order valence-electron chi connectivity index (χ1n) is 9.68. The Morgan fingerprint density at radius 3 is 2.32 bits per heavy atom. The van der Waals surface area contributed by atoms with Crippen molar-refractivity contribution in [1.82, 2.24) is 4.90 Å². The van der Waals surface area contributed by atoms with Gasteiger partial charge in [0.15, 0.2) is 16.1 Å². The number of amides is 2. The van der Waals surface area contributed by atoms with Gasteiger partial charge >= 0.3 is 51.4 Å². The van der Waals surface area contributed by atoms with Crippen LogP contribution in [0.25, 0.3) is 4.72 Å². The van der Waals surface area contributed by atoms with E-state index in [1.54, 1.807) is 6.92 Å². The van der Waals surface area contributed by atoms with E-state index in [-0.39, 0.29) is 51.4 Å². The number of aliphatic hydroxyl groups is 1. The van der Waals surface area contributed by atoms with E-state index in [4.69, 9.17) is 0 Å². The minimum Gasteiger partial charge on any atom is -0.423 e. The number of nitrogens with one attached hydrogen (secondary N) is 1. The molecule has 1 fully saturated rings. The molecule has 0 saturated carbocycles. The van der Waals surface area contributed by atoms with Crippen molar-refractivity contribution in [2.45, 2.75) is 56.8 Å². The maximum absolute atomic E-state index is 12.4. The third-order valence-electron chi connectivity index (χ3n) is 5.78. The molecule has 1 unspecified atom stereocenters. The molecular weight excluding hydrogens is 405 g/mol. The first-order valence-corrected chi connectivity index (χ1v) is 11.2. The Hall–Kier alpha value is -0.00364. The summed E-state index contributed by atoms with van der Waals surface area (Å²) in [5.74, 6) is 0. The van der Waals surface area contributed by atoms with Gasteiger partial charge in [0.05, 0.1) is 11.4 Å². The van der Waals surface area contributed by atoms with Gasteiger partial charge in [0.1, 0.15) is 0 Å². The van der Waals surface area contributed by atoms with Gasteiger partial charge in [0.2, 0.25) is 0 Å². The van der Waals surface area contributed by atoms with Gasteiger partial charge in [-0.25, -0.2) is 8.42 Å². The van der Waals surface area contributed by atoms with Gasteiger partial charge in [-0.15, -0.1) is 0 Å². The van der Waals surface area contributed by atoms with Crippen LogP contribution in [0.1, 0.15) is 42.0 Å². The number of carbonyl (C=O) groups is 1. The summed E-state index contributed by atoms with van der Waals surface area (Å²) in [6.07, 6.45) is 5.50. The van der Waals surface area contributed by atoms with Crippen molar-refractivity contribution >= 4 is 21.7 Å². The molecule has 1 heterocycles. The van der Waals surface area contributed by atoms with E-state index in [0.29, 0.717) is 19.6 Å². The van der Waals surface area contributed by atoms with E-state index in [0.717, 1.165) is 55.3 Å². The Morgan fingerprint density at radius 2 is 1.79 bits per heavy atom. The number of sulfonamides is 1. The quantitative estimate of drug-likeness (QED) is 0.581. The van der Waals surface area contributed by atoms with E-state index in [1.165, 1.54) is 11.1 Å². The molecule has 148 valence electrons. The van der Waals surface area contributed by atoms with Gasteiger partial charge in [0, 0.05) is 19.6 Å². The predicted molar refractivity (Wildman–Crippen MR) is 104 cm³/mol. The maximum Gasteiger partial charge on any atom is 1.00 e. The number of aryl methyl sites for hydroxylation is 2. The molecule has 2 amide bonds. The fraction of sp³-hybridized carbons (Fsp3) is 0.632. The molecule has 1 aromatic carbocycles. The minimum absolute atomic E-state index is 0. The fourth-order valence-electron chi connectivity index (χ4n) is 4.52. The Kier molecular flexibility index (Phi) is 7.30. The van der Waals surface area contributed by atoms with Gasteiger partial charge < -0.3 is 15.1 Å². The van der Waals surface area contributed by atoms with Crippen molar-refractivity contribution in [3.05, 3.63) is 33.0 Å². The molecule has 7 nitrogen and oxygen atoms in total. The third kappa shape index (κ3) is 4.67. The van der Waals surface area contributed by atoms with Gasteiger partial charge in [0.25, 0.3) is 0 Å². The number of benzene rings is 1. The number of rotatable bonds is 5. The summed E-state index contributed by atoms with van der Waals surface area (Å²) in [4.78, 5) is 14.3. The summed E-state index contributed by atoms with van der Waals surface area (Å²) in [7, 11) is -3.85. The summed E-state index contributed by atoms with van der Waals surface area (Å²) in [5, 5.41) is 11.5. The number of hydrogen-bond acceptors (Lipinski definition) is 5. The predicted octanol–water partition coefficient (Wildman–Crippen LogP) is -1.03. The van der Waals surface area contributed by atoms with E-state index < -0.39 is 27.4 Å². The van der Waals surface area contributed by atoms with Crippen molar-refractivity contribution in [2.24, 2.45) is 0 Å². The summed E-state index contributed by atoms with van der Waals surface area (Å²) in [5.41, 5.74) is 5.68. The van der Waals surface area contributed by atoms with Crippen LogP contribution in [0.4, 0.5) is 10.5 Å². The van der Waals surface area contributed by atoms with E-state index in [1.807, 2.05) is 4.90 Å². The Bertz CT molecular complexity index is 834. The van der Waals surface area contributed by atoms with Gasteiger partial charge in [-0.3, -0.25) is 9.69 Å². The van der Waals surface area contributed by atoms with Crippen LogP contribution in [0.5, 0.6) is 0 Å². The Balaban J connectivity index is 0.00000225. The molecule has 1 atom stereocenters. The largest absolute Gasteiger partial charge is 1.00 e. The first kappa shape index (κ1) is 22.7. The van der Waals surface area contributed by atoms with Crippen LogP contribution in [0.3, 0.4) is 0 Å². The number of nitrogens with zero attached hydrogens (tertiary/aromatic N) is 2. The summed E-state index contributed by atoms with van der Waals surface area (Å²) >= 11 is 0. The molecule has 1 aliphatic heterocycles. The van der Waals surface area contributed by atoms with Gasteiger partial charge in [-0.1, -0.05) is 6.07 Å². The zero-order valence-electron chi connectivity index (χ0n) is 16.6. The van der Waals surface area contributed by atoms with Crippen molar-refractivity contribution in [2.75, 3.05) is 25.0 Å². The molecule has 28 heavy (non-hydrogen) atoms. The normalized spacial score (nSPS) is 19.9. The van der Waals surface area contributed by atoms with Crippen molar-refractivity contribution < 1.29 is 69.7 Å². The SMILES string of the molecule is CC(O)CN1CC(S(=O)(=O)[N-]C(=O)Nc2c3c(cc4c2CCC4)CCC3)C1.[K+]. The number of urea groups is 1.